The maximum atomic E-state index is 12.9. The standard InChI is InChI=1S/C12H7FN2OS2/c13-10-2-1-3-11(14-10)15-12(16)9-6-8-7(18-9)4-5-17-8/h1-6H,(H,14,15,16). The number of hydrogen-bond donors (Lipinski definition) is 1. The van der Waals surface area contributed by atoms with E-state index in [9.17, 15) is 9.18 Å². The number of carbonyl (C=O) groups excluding carboxylic acids is 1. The van der Waals surface area contributed by atoms with Crippen LogP contribution in [0.25, 0.3) is 9.40 Å². The third-order valence-electron chi connectivity index (χ3n) is 2.32. The Balaban J connectivity index is 1.85. The first-order valence-corrected chi connectivity index (χ1v) is 6.83. The van der Waals surface area contributed by atoms with Crippen molar-refractivity contribution in [3.05, 3.63) is 46.5 Å². The number of pyridine rings is 1. The Morgan fingerprint density at radius 3 is 2.94 bits per heavy atom. The van der Waals surface area contributed by atoms with Crippen LogP contribution in [0.4, 0.5) is 10.2 Å². The minimum absolute atomic E-state index is 0.219. The number of halogens is 1. The van der Waals surface area contributed by atoms with Gasteiger partial charge in [-0.15, -0.1) is 22.7 Å². The number of anilines is 1. The van der Waals surface area contributed by atoms with Crippen LogP contribution < -0.4 is 5.32 Å². The molecule has 0 aliphatic carbocycles. The molecule has 0 atom stereocenters. The Bertz CT molecular complexity index is 691. The highest BCUT2D eigenvalue weighted by Gasteiger charge is 2.11. The molecule has 0 fully saturated rings. The van der Waals surface area contributed by atoms with Crippen LogP contribution in [0.3, 0.4) is 0 Å². The largest absolute Gasteiger partial charge is 0.306 e. The normalized spacial score (nSPS) is 10.7. The number of nitrogens with zero attached hydrogens (tertiary/aromatic N) is 1. The van der Waals surface area contributed by atoms with Gasteiger partial charge in [-0.1, -0.05) is 6.07 Å². The smallest absolute Gasteiger partial charge is 0.266 e. The number of fused-ring (bicyclic) bond motifs is 1. The molecule has 0 aliphatic heterocycles. The van der Waals surface area contributed by atoms with Gasteiger partial charge in [-0.3, -0.25) is 4.79 Å². The Kier molecular flexibility index (Phi) is 2.81. The van der Waals surface area contributed by atoms with E-state index in [-0.39, 0.29) is 11.7 Å². The van der Waals surface area contributed by atoms with Gasteiger partial charge in [0.15, 0.2) is 0 Å². The molecule has 3 aromatic rings. The number of rotatable bonds is 2. The fraction of sp³-hybridized carbons (Fsp3) is 0. The summed E-state index contributed by atoms with van der Waals surface area (Å²) in [5.41, 5.74) is 0. The number of nitrogens with one attached hydrogen (secondary N) is 1. The number of hydrogen-bond acceptors (Lipinski definition) is 4. The van der Waals surface area contributed by atoms with Crippen LogP contribution >= 0.6 is 22.7 Å². The molecule has 1 N–H and O–H groups in total. The second-order valence-corrected chi connectivity index (χ2v) is 5.59. The molecular formula is C12H7FN2OS2. The molecule has 3 nitrogen and oxygen atoms in total. The topological polar surface area (TPSA) is 42.0 Å². The lowest BCUT2D eigenvalue weighted by atomic mass is 10.4. The molecule has 1 amide bonds. The van der Waals surface area contributed by atoms with Gasteiger partial charge in [0.05, 0.1) is 4.88 Å². The number of thiophene rings is 2. The van der Waals surface area contributed by atoms with Crippen LogP contribution in [0.15, 0.2) is 35.7 Å². The zero-order valence-corrected chi connectivity index (χ0v) is 10.6. The first kappa shape index (κ1) is 11.3. The van der Waals surface area contributed by atoms with E-state index >= 15 is 0 Å². The van der Waals surface area contributed by atoms with Crippen molar-refractivity contribution in [3.8, 4) is 0 Å². The molecule has 0 aromatic carbocycles. The van der Waals surface area contributed by atoms with E-state index in [1.165, 1.54) is 23.5 Å². The molecule has 0 saturated carbocycles. The molecule has 3 heterocycles. The molecular weight excluding hydrogens is 271 g/mol. The van der Waals surface area contributed by atoms with E-state index in [0.717, 1.165) is 9.40 Å². The van der Waals surface area contributed by atoms with Gasteiger partial charge in [-0.05, 0) is 29.6 Å². The molecule has 0 saturated heterocycles. The summed E-state index contributed by atoms with van der Waals surface area (Å²) >= 11 is 3.00. The second-order valence-electron chi connectivity index (χ2n) is 3.56. The predicted molar refractivity (Wildman–Crippen MR) is 71.9 cm³/mol. The first-order valence-electron chi connectivity index (χ1n) is 5.13. The van der Waals surface area contributed by atoms with Crippen LogP contribution in [0.5, 0.6) is 0 Å². The molecule has 3 aromatic heterocycles. The maximum Gasteiger partial charge on any atom is 0.266 e. The van der Waals surface area contributed by atoms with E-state index < -0.39 is 5.95 Å². The van der Waals surface area contributed by atoms with Gasteiger partial charge < -0.3 is 5.32 Å². The average molecular weight is 278 g/mol. The predicted octanol–water partition coefficient (Wildman–Crippen LogP) is 3.75. The summed E-state index contributed by atoms with van der Waals surface area (Å²) in [4.78, 5) is 16.1. The molecule has 90 valence electrons. The second kappa shape index (κ2) is 4.47. The summed E-state index contributed by atoms with van der Waals surface area (Å²) in [5.74, 6) is -0.654. The van der Waals surface area contributed by atoms with E-state index in [4.69, 9.17) is 0 Å². The van der Waals surface area contributed by atoms with E-state index in [1.807, 2.05) is 17.5 Å². The van der Waals surface area contributed by atoms with Gasteiger partial charge >= 0.3 is 0 Å². The number of amides is 1. The molecule has 18 heavy (non-hydrogen) atoms. The maximum absolute atomic E-state index is 12.9. The van der Waals surface area contributed by atoms with Crippen molar-refractivity contribution in [3.63, 3.8) is 0 Å². The van der Waals surface area contributed by atoms with E-state index in [2.05, 4.69) is 10.3 Å². The molecule has 0 bridgehead atoms. The highest BCUT2D eigenvalue weighted by Crippen LogP contribution is 2.30. The number of aromatic nitrogens is 1. The quantitative estimate of drug-likeness (QED) is 0.725. The molecule has 0 aliphatic rings. The zero-order valence-electron chi connectivity index (χ0n) is 9.01. The van der Waals surface area contributed by atoms with Crippen molar-refractivity contribution in [1.29, 1.82) is 0 Å². The Morgan fingerprint density at radius 1 is 1.28 bits per heavy atom. The highest BCUT2D eigenvalue weighted by atomic mass is 32.1. The van der Waals surface area contributed by atoms with Gasteiger partial charge in [0.2, 0.25) is 5.95 Å². The van der Waals surface area contributed by atoms with Gasteiger partial charge in [-0.25, -0.2) is 4.98 Å². The molecule has 0 unspecified atom stereocenters. The van der Waals surface area contributed by atoms with Crippen LogP contribution in [-0.2, 0) is 0 Å². The van der Waals surface area contributed by atoms with Crippen molar-refractivity contribution < 1.29 is 9.18 Å². The van der Waals surface area contributed by atoms with Crippen LogP contribution in [0.2, 0.25) is 0 Å². The fourth-order valence-corrected chi connectivity index (χ4v) is 3.54. The van der Waals surface area contributed by atoms with E-state index in [1.54, 1.807) is 17.4 Å². The Morgan fingerprint density at radius 2 is 2.17 bits per heavy atom. The average Bonchev–Trinajstić information content (AvgIpc) is 2.88. The molecule has 6 heteroatoms. The summed E-state index contributed by atoms with van der Waals surface area (Å²) in [5, 5.41) is 4.56. The summed E-state index contributed by atoms with van der Waals surface area (Å²) in [6.45, 7) is 0. The molecule has 0 spiro atoms. The van der Waals surface area contributed by atoms with Gasteiger partial charge in [-0.2, -0.15) is 4.39 Å². The van der Waals surface area contributed by atoms with Gasteiger partial charge in [0.1, 0.15) is 5.82 Å². The third kappa shape index (κ3) is 2.12. The van der Waals surface area contributed by atoms with Gasteiger partial charge in [0, 0.05) is 9.40 Å². The van der Waals surface area contributed by atoms with Crippen molar-refractivity contribution in [1.82, 2.24) is 4.98 Å². The first-order chi connectivity index (χ1) is 8.72. The summed E-state index contributed by atoms with van der Waals surface area (Å²) in [7, 11) is 0. The van der Waals surface area contributed by atoms with Crippen molar-refractivity contribution in [2.75, 3.05) is 5.32 Å². The lowest BCUT2D eigenvalue weighted by Crippen LogP contribution is -2.11. The SMILES string of the molecule is O=C(Nc1cccc(F)n1)c1cc2sccc2s1. The van der Waals surface area contributed by atoms with Crippen molar-refractivity contribution >= 4 is 43.8 Å². The lowest BCUT2D eigenvalue weighted by molar-refractivity contribution is 0.103. The molecule has 3 rings (SSSR count). The molecule has 0 radical (unpaired) electrons. The monoisotopic (exact) mass is 278 g/mol. The minimum Gasteiger partial charge on any atom is -0.306 e. The lowest BCUT2D eigenvalue weighted by Gasteiger charge is -2.01. The van der Waals surface area contributed by atoms with Crippen LogP contribution in [-0.4, -0.2) is 10.9 Å². The fourth-order valence-electron chi connectivity index (χ4n) is 1.53. The zero-order chi connectivity index (χ0) is 12.5. The summed E-state index contributed by atoms with van der Waals surface area (Å²) in [6, 6.07) is 8.10. The number of carbonyl (C=O) groups is 1. The van der Waals surface area contributed by atoms with Crippen molar-refractivity contribution in [2.24, 2.45) is 0 Å². The Labute approximate surface area is 110 Å². The Hall–Kier alpha value is -1.79. The summed E-state index contributed by atoms with van der Waals surface area (Å²) < 4.78 is 15.0. The van der Waals surface area contributed by atoms with Crippen LogP contribution in [0.1, 0.15) is 9.67 Å². The third-order valence-corrected chi connectivity index (χ3v) is 4.41. The van der Waals surface area contributed by atoms with Crippen molar-refractivity contribution in [2.45, 2.75) is 0 Å². The van der Waals surface area contributed by atoms with Crippen LogP contribution in [0, 0.1) is 5.95 Å². The summed E-state index contributed by atoms with van der Waals surface area (Å²) in [6.07, 6.45) is 0. The van der Waals surface area contributed by atoms with E-state index in [0.29, 0.717) is 4.88 Å². The van der Waals surface area contributed by atoms with Gasteiger partial charge in [0.25, 0.3) is 5.91 Å². The minimum atomic E-state index is -0.611. The highest BCUT2D eigenvalue weighted by molar-refractivity contribution is 7.27.